The van der Waals surface area contributed by atoms with Crippen molar-refractivity contribution in [2.75, 3.05) is 13.1 Å². The lowest BCUT2D eigenvalue weighted by Gasteiger charge is -2.40. The Labute approximate surface area is 116 Å². The van der Waals surface area contributed by atoms with Crippen LogP contribution in [0, 0.1) is 5.92 Å². The average molecular weight is 277 g/mol. The van der Waals surface area contributed by atoms with Gasteiger partial charge in [-0.25, -0.2) is 4.79 Å². The van der Waals surface area contributed by atoms with E-state index in [-0.39, 0.29) is 24.0 Å². The molecule has 1 saturated heterocycles. The van der Waals surface area contributed by atoms with Gasteiger partial charge in [-0.2, -0.15) is 0 Å². The monoisotopic (exact) mass is 276 g/mol. The second kappa shape index (κ2) is 5.25. The molecule has 4 nitrogen and oxygen atoms in total. The molecule has 5 heteroatoms. The largest absolute Gasteiger partial charge is 0.444 e. The summed E-state index contributed by atoms with van der Waals surface area (Å²) in [6.45, 7) is 7.28. The number of hydrogen-bond acceptors (Lipinski definition) is 3. The van der Waals surface area contributed by atoms with Crippen LogP contribution in [0.4, 0.5) is 4.79 Å². The van der Waals surface area contributed by atoms with Crippen molar-refractivity contribution in [1.29, 1.82) is 0 Å². The van der Waals surface area contributed by atoms with Crippen LogP contribution in [0.3, 0.4) is 0 Å². The second-order valence-electron chi connectivity index (χ2n) is 6.45. The molecule has 2 rings (SSSR count). The Kier molecular flexibility index (Phi) is 4.55. The minimum Gasteiger partial charge on any atom is -0.444 e. The van der Waals surface area contributed by atoms with Crippen LogP contribution >= 0.6 is 12.4 Å². The van der Waals surface area contributed by atoms with Gasteiger partial charge in [-0.1, -0.05) is 0 Å². The van der Waals surface area contributed by atoms with Crippen LogP contribution in [0.5, 0.6) is 0 Å². The quantitative estimate of drug-likeness (QED) is 0.801. The van der Waals surface area contributed by atoms with Crippen LogP contribution in [0.25, 0.3) is 0 Å². The first-order valence-corrected chi connectivity index (χ1v) is 6.57. The summed E-state index contributed by atoms with van der Waals surface area (Å²) in [5, 5.41) is 0. The fourth-order valence-corrected chi connectivity index (χ4v) is 2.72. The molecule has 2 N–H and O–H groups in total. The molecule has 2 aliphatic rings. The third-order valence-electron chi connectivity index (χ3n) is 3.78. The Morgan fingerprint density at radius 1 is 1.44 bits per heavy atom. The summed E-state index contributed by atoms with van der Waals surface area (Å²) in [6, 6.07) is 0. The van der Waals surface area contributed by atoms with Crippen LogP contribution in [-0.2, 0) is 4.74 Å². The summed E-state index contributed by atoms with van der Waals surface area (Å²) in [6.07, 6.45) is 4.15. The average Bonchev–Trinajstić information content (AvgIpc) is 2.95. The molecule has 0 aromatic rings. The number of rotatable bonds is 1. The van der Waals surface area contributed by atoms with Crippen molar-refractivity contribution >= 4 is 18.5 Å². The number of carbonyl (C=O) groups excluding carboxylic acids is 1. The maximum Gasteiger partial charge on any atom is 0.410 e. The van der Waals surface area contributed by atoms with E-state index in [0.29, 0.717) is 5.92 Å². The highest BCUT2D eigenvalue weighted by atomic mass is 35.5. The highest BCUT2D eigenvalue weighted by Gasteiger charge is 2.53. The summed E-state index contributed by atoms with van der Waals surface area (Å²) in [5.41, 5.74) is 5.42. The molecule has 1 atom stereocenters. The maximum absolute atomic E-state index is 12.1. The van der Waals surface area contributed by atoms with E-state index in [1.807, 2.05) is 25.7 Å². The molecule has 1 spiro atoms. The molecule has 0 bridgehead atoms. The minimum atomic E-state index is -0.405. The number of halogens is 1. The third-order valence-corrected chi connectivity index (χ3v) is 3.78. The molecule has 1 aliphatic carbocycles. The highest BCUT2D eigenvalue weighted by Crippen LogP contribution is 2.50. The summed E-state index contributed by atoms with van der Waals surface area (Å²) in [4.78, 5) is 14.1. The number of piperidine rings is 1. The van der Waals surface area contributed by atoms with E-state index in [0.717, 1.165) is 38.8 Å². The Balaban J connectivity index is 0.00000162. The standard InChI is InChI=1S/C13H24N2O2.ClH/c1-12(2,3)17-11(16)15-7-4-10(9-14)8-13(15)5-6-13;/h10H,4-9,14H2,1-3H3;1H. The molecular formula is C13H25ClN2O2. The van der Waals surface area contributed by atoms with Crippen LogP contribution < -0.4 is 5.73 Å². The highest BCUT2D eigenvalue weighted by molar-refractivity contribution is 5.85. The Hall–Kier alpha value is -0.480. The molecule has 2 fully saturated rings. The van der Waals surface area contributed by atoms with Gasteiger partial charge < -0.3 is 15.4 Å². The van der Waals surface area contributed by atoms with Gasteiger partial charge in [0.05, 0.1) is 0 Å². The smallest absolute Gasteiger partial charge is 0.410 e. The molecule has 0 aromatic heterocycles. The zero-order valence-corrected chi connectivity index (χ0v) is 12.4. The topological polar surface area (TPSA) is 55.6 Å². The van der Waals surface area contributed by atoms with Crippen LogP contribution in [0.2, 0.25) is 0 Å². The lowest BCUT2D eigenvalue weighted by molar-refractivity contribution is 0.000290. The third kappa shape index (κ3) is 3.29. The lowest BCUT2D eigenvalue weighted by Crippen LogP contribution is -2.50. The Morgan fingerprint density at radius 3 is 2.50 bits per heavy atom. The summed E-state index contributed by atoms with van der Waals surface area (Å²) in [5.74, 6) is 0.580. The predicted octanol–water partition coefficient (Wildman–Crippen LogP) is 2.55. The van der Waals surface area contributed by atoms with Crippen LogP contribution in [0.15, 0.2) is 0 Å². The van der Waals surface area contributed by atoms with Crippen LogP contribution in [-0.4, -0.2) is 35.2 Å². The molecule has 106 valence electrons. The normalized spacial score (nSPS) is 25.6. The Bertz CT molecular complexity index is 311. The predicted molar refractivity (Wildman–Crippen MR) is 73.9 cm³/mol. The molecule has 1 aliphatic heterocycles. The van der Waals surface area contributed by atoms with E-state index >= 15 is 0 Å². The number of ether oxygens (including phenoxy) is 1. The van der Waals surface area contributed by atoms with Gasteiger partial charge in [-0.05, 0) is 58.9 Å². The molecular weight excluding hydrogens is 252 g/mol. The number of likely N-dealkylation sites (tertiary alicyclic amines) is 1. The van der Waals surface area contributed by atoms with E-state index in [1.165, 1.54) is 0 Å². The van der Waals surface area contributed by atoms with Crippen molar-refractivity contribution in [3.8, 4) is 0 Å². The Morgan fingerprint density at radius 2 is 2.06 bits per heavy atom. The van der Waals surface area contributed by atoms with Gasteiger partial charge in [0.25, 0.3) is 0 Å². The van der Waals surface area contributed by atoms with Gasteiger partial charge in [0, 0.05) is 12.1 Å². The summed E-state index contributed by atoms with van der Waals surface area (Å²) < 4.78 is 5.48. The number of carbonyl (C=O) groups is 1. The van der Waals surface area contributed by atoms with Crippen molar-refractivity contribution < 1.29 is 9.53 Å². The van der Waals surface area contributed by atoms with E-state index in [1.54, 1.807) is 0 Å². The first-order valence-electron chi connectivity index (χ1n) is 6.57. The van der Waals surface area contributed by atoms with Gasteiger partial charge in [-0.15, -0.1) is 12.4 Å². The van der Waals surface area contributed by atoms with Crippen molar-refractivity contribution in [2.45, 2.75) is 57.6 Å². The first kappa shape index (κ1) is 15.6. The number of nitrogens with two attached hydrogens (primary N) is 1. The fraction of sp³-hybridized carbons (Fsp3) is 0.923. The number of amides is 1. The van der Waals surface area contributed by atoms with Crippen LogP contribution in [0.1, 0.15) is 46.5 Å². The summed E-state index contributed by atoms with van der Waals surface area (Å²) >= 11 is 0. The van der Waals surface area contributed by atoms with Gasteiger partial charge in [0.2, 0.25) is 0 Å². The molecule has 1 amide bonds. The van der Waals surface area contributed by atoms with E-state index < -0.39 is 5.60 Å². The van der Waals surface area contributed by atoms with Gasteiger partial charge >= 0.3 is 6.09 Å². The molecule has 1 unspecified atom stereocenters. The maximum atomic E-state index is 12.1. The molecule has 18 heavy (non-hydrogen) atoms. The van der Waals surface area contributed by atoms with E-state index in [4.69, 9.17) is 10.5 Å². The lowest BCUT2D eigenvalue weighted by atomic mass is 9.89. The molecule has 1 saturated carbocycles. The molecule has 1 heterocycles. The van der Waals surface area contributed by atoms with Crippen molar-refractivity contribution in [1.82, 2.24) is 4.90 Å². The number of nitrogens with zero attached hydrogens (tertiary/aromatic N) is 1. The van der Waals surface area contributed by atoms with Gasteiger partial charge in [0.1, 0.15) is 5.60 Å². The van der Waals surface area contributed by atoms with Gasteiger partial charge in [-0.3, -0.25) is 0 Å². The second-order valence-corrected chi connectivity index (χ2v) is 6.45. The van der Waals surface area contributed by atoms with E-state index in [2.05, 4.69) is 0 Å². The summed E-state index contributed by atoms with van der Waals surface area (Å²) in [7, 11) is 0. The minimum absolute atomic E-state index is 0. The van der Waals surface area contributed by atoms with Crippen molar-refractivity contribution in [3.63, 3.8) is 0 Å². The fourth-order valence-electron chi connectivity index (χ4n) is 2.72. The SMILES string of the molecule is CC(C)(C)OC(=O)N1CCC(CN)CC12CC2.Cl. The zero-order valence-electron chi connectivity index (χ0n) is 11.6. The first-order chi connectivity index (χ1) is 7.86. The zero-order chi connectivity index (χ0) is 12.7. The molecule has 0 radical (unpaired) electrons. The van der Waals surface area contributed by atoms with Crippen molar-refractivity contribution in [2.24, 2.45) is 11.7 Å². The van der Waals surface area contributed by atoms with E-state index in [9.17, 15) is 4.79 Å². The van der Waals surface area contributed by atoms with Gasteiger partial charge in [0.15, 0.2) is 0 Å². The number of hydrogen-bond donors (Lipinski definition) is 1. The molecule has 0 aromatic carbocycles. The van der Waals surface area contributed by atoms with Crippen molar-refractivity contribution in [3.05, 3.63) is 0 Å².